The lowest BCUT2D eigenvalue weighted by molar-refractivity contribution is 0.0596. The van der Waals surface area contributed by atoms with Gasteiger partial charge in [-0.3, -0.25) is 0 Å². The lowest BCUT2D eigenvalue weighted by atomic mass is 9.94. The summed E-state index contributed by atoms with van der Waals surface area (Å²) in [6.45, 7) is 1.61. The maximum absolute atomic E-state index is 5.99. The molecule has 0 bridgehead atoms. The van der Waals surface area contributed by atoms with Crippen LogP contribution in [-0.2, 0) is 11.2 Å². The zero-order valence-corrected chi connectivity index (χ0v) is 11.2. The minimum Gasteiger partial charge on any atom is -0.381 e. The third kappa shape index (κ3) is 3.07. The third-order valence-corrected chi connectivity index (χ3v) is 4.33. The summed E-state index contributed by atoms with van der Waals surface area (Å²) in [6, 6.07) is 5.79. The minimum absolute atomic E-state index is 0.420. The number of halogens is 2. The Bertz CT molecular complexity index is 370. The molecular formula is C12H14Cl2OS. The second kappa shape index (κ2) is 5.63. The van der Waals surface area contributed by atoms with Gasteiger partial charge in [0.15, 0.2) is 0 Å². The van der Waals surface area contributed by atoms with E-state index >= 15 is 0 Å². The zero-order chi connectivity index (χ0) is 11.5. The summed E-state index contributed by atoms with van der Waals surface area (Å²) in [5, 5.41) is 1.64. The molecule has 2 rings (SSSR count). The van der Waals surface area contributed by atoms with E-state index < -0.39 is 0 Å². The monoisotopic (exact) mass is 276 g/mol. The molecule has 0 N–H and O–H groups in total. The fraction of sp³-hybridized carbons (Fsp3) is 0.500. The van der Waals surface area contributed by atoms with Crippen LogP contribution in [0.15, 0.2) is 18.2 Å². The number of hydrogen-bond acceptors (Lipinski definition) is 2. The topological polar surface area (TPSA) is 9.23 Å². The van der Waals surface area contributed by atoms with Crippen LogP contribution in [0.3, 0.4) is 0 Å². The molecule has 1 heterocycles. The smallest absolute Gasteiger partial charge is 0.0595 e. The first kappa shape index (κ1) is 12.6. The van der Waals surface area contributed by atoms with E-state index in [1.165, 1.54) is 5.56 Å². The molecule has 1 aliphatic heterocycles. The molecule has 4 heteroatoms. The van der Waals surface area contributed by atoms with Gasteiger partial charge in [-0.25, -0.2) is 0 Å². The van der Waals surface area contributed by atoms with Crippen LogP contribution in [0.4, 0.5) is 0 Å². The van der Waals surface area contributed by atoms with Gasteiger partial charge in [0.05, 0.1) is 16.7 Å². The summed E-state index contributed by atoms with van der Waals surface area (Å²) in [7, 11) is 0. The predicted molar refractivity (Wildman–Crippen MR) is 71.9 cm³/mol. The van der Waals surface area contributed by atoms with Gasteiger partial charge in [-0.2, -0.15) is 12.6 Å². The number of benzene rings is 1. The van der Waals surface area contributed by atoms with Crippen molar-refractivity contribution in [3.63, 3.8) is 0 Å². The highest BCUT2D eigenvalue weighted by atomic mass is 35.5. The lowest BCUT2D eigenvalue weighted by Gasteiger charge is -2.28. The quantitative estimate of drug-likeness (QED) is 0.807. The van der Waals surface area contributed by atoms with Crippen molar-refractivity contribution in [1.82, 2.24) is 0 Å². The molecule has 88 valence electrons. The van der Waals surface area contributed by atoms with Gasteiger partial charge in [0.25, 0.3) is 0 Å². The third-order valence-electron chi connectivity index (χ3n) is 2.92. The summed E-state index contributed by atoms with van der Waals surface area (Å²) < 4.78 is 5.47. The highest BCUT2D eigenvalue weighted by molar-refractivity contribution is 7.81. The first-order chi connectivity index (χ1) is 7.66. The standard InChI is InChI=1S/C12H14Cl2OS/c13-10-2-1-8(6-11(10)14)5-9-7-15-4-3-12(9)16/h1-2,6,9,12,16H,3-5,7H2/t9-,12-/m1/s1. The van der Waals surface area contributed by atoms with Crippen molar-refractivity contribution >= 4 is 35.8 Å². The van der Waals surface area contributed by atoms with Gasteiger partial charge in [0, 0.05) is 11.9 Å². The highest BCUT2D eigenvalue weighted by Gasteiger charge is 2.22. The summed E-state index contributed by atoms with van der Waals surface area (Å²) in [4.78, 5) is 0. The van der Waals surface area contributed by atoms with Crippen LogP contribution < -0.4 is 0 Å². The Balaban J connectivity index is 2.05. The Morgan fingerprint density at radius 3 is 2.81 bits per heavy atom. The van der Waals surface area contributed by atoms with E-state index in [-0.39, 0.29) is 0 Å². The van der Waals surface area contributed by atoms with E-state index in [0.29, 0.717) is 21.2 Å². The molecule has 0 amide bonds. The van der Waals surface area contributed by atoms with Crippen molar-refractivity contribution in [2.24, 2.45) is 5.92 Å². The molecule has 0 spiro atoms. The van der Waals surface area contributed by atoms with E-state index in [2.05, 4.69) is 12.6 Å². The molecule has 1 fully saturated rings. The normalized spacial score (nSPS) is 25.7. The fourth-order valence-corrected chi connectivity index (χ4v) is 2.57. The highest BCUT2D eigenvalue weighted by Crippen LogP contribution is 2.27. The van der Waals surface area contributed by atoms with Gasteiger partial charge in [-0.05, 0) is 36.5 Å². The number of thiol groups is 1. The van der Waals surface area contributed by atoms with E-state index in [0.717, 1.165) is 26.1 Å². The minimum atomic E-state index is 0.420. The van der Waals surface area contributed by atoms with E-state index in [1.807, 2.05) is 18.2 Å². The zero-order valence-electron chi connectivity index (χ0n) is 8.83. The van der Waals surface area contributed by atoms with Gasteiger partial charge in [0.1, 0.15) is 0 Å². The van der Waals surface area contributed by atoms with Crippen molar-refractivity contribution in [2.75, 3.05) is 13.2 Å². The second-order valence-corrected chi connectivity index (χ2v) is 5.62. The van der Waals surface area contributed by atoms with Gasteiger partial charge in [-0.15, -0.1) is 0 Å². The molecule has 0 aromatic heterocycles. The van der Waals surface area contributed by atoms with Crippen LogP contribution in [0.25, 0.3) is 0 Å². The average molecular weight is 277 g/mol. The molecule has 1 aromatic rings. The molecule has 0 saturated carbocycles. The summed E-state index contributed by atoms with van der Waals surface area (Å²) in [5.41, 5.74) is 1.20. The first-order valence-electron chi connectivity index (χ1n) is 5.36. The summed E-state index contributed by atoms with van der Waals surface area (Å²) >= 11 is 16.5. The second-order valence-electron chi connectivity index (χ2n) is 4.14. The molecule has 16 heavy (non-hydrogen) atoms. The van der Waals surface area contributed by atoms with Crippen molar-refractivity contribution in [3.05, 3.63) is 33.8 Å². The molecule has 1 aromatic carbocycles. The maximum atomic E-state index is 5.99. The van der Waals surface area contributed by atoms with Gasteiger partial charge in [0.2, 0.25) is 0 Å². The van der Waals surface area contributed by atoms with Crippen molar-refractivity contribution in [2.45, 2.75) is 18.1 Å². The van der Waals surface area contributed by atoms with Crippen LogP contribution in [0.2, 0.25) is 10.0 Å². The molecular weight excluding hydrogens is 263 g/mol. The Kier molecular flexibility index (Phi) is 4.42. The van der Waals surface area contributed by atoms with Crippen molar-refractivity contribution in [3.8, 4) is 0 Å². The van der Waals surface area contributed by atoms with Crippen LogP contribution in [0, 0.1) is 5.92 Å². The summed E-state index contributed by atoms with van der Waals surface area (Å²) in [5.74, 6) is 0.467. The average Bonchev–Trinajstić information content (AvgIpc) is 2.27. The molecule has 2 atom stereocenters. The van der Waals surface area contributed by atoms with Crippen molar-refractivity contribution < 1.29 is 4.74 Å². The molecule has 1 aliphatic rings. The molecule has 1 nitrogen and oxygen atoms in total. The van der Waals surface area contributed by atoms with E-state index in [4.69, 9.17) is 27.9 Å². The van der Waals surface area contributed by atoms with Crippen LogP contribution in [0.5, 0.6) is 0 Å². The molecule has 0 radical (unpaired) electrons. The molecule has 0 unspecified atom stereocenters. The predicted octanol–water partition coefficient (Wildman–Crippen LogP) is 3.87. The lowest BCUT2D eigenvalue weighted by Crippen LogP contribution is -2.29. The molecule has 1 saturated heterocycles. The van der Waals surface area contributed by atoms with E-state index in [1.54, 1.807) is 0 Å². The largest absolute Gasteiger partial charge is 0.381 e. The van der Waals surface area contributed by atoms with Gasteiger partial charge < -0.3 is 4.74 Å². The number of ether oxygens (including phenoxy) is 1. The van der Waals surface area contributed by atoms with Gasteiger partial charge >= 0.3 is 0 Å². The van der Waals surface area contributed by atoms with Crippen LogP contribution in [-0.4, -0.2) is 18.5 Å². The van der Waals surface area contributed by atoms with Gasteiger partial charge in [-0.1, -0.05) is 29.3 Å². The van der Waals surface area contributed by atoms with Crippen LogP contribution >= 0.6 is 35.8 Å². The maximum Gasteiger partial charge on any atom is 0.0595 e. The Labute approximate surface area is 111 Å². The van der Waals surface area contributed by atoms with Crippen molar-refractivity contribution in [1.29, 1.82) is 0 Å². The Morgan fingerprint density at radius 1 is 1.31 bits per heavy atom. The SMILES string of the molecule is S[C@@H]1CCOC[C@H]1Cc1ccc(Cl)c(Cl)c1. The number of rotatable bonds is 2. The Morgan fingerprint density at radius 2 is 2.12 bits per heavy atom. The van der Waals surface area contributed by atoms with Crippen LogP contribution in [0.1, 0.15) is 12.0 Å². The molecule has 0 aliphatic carbocycles. The van der Waals surface area contributed by atoms with E-state index in [9.17, 15) is 0 Å². The fourth-order valence-electron chi connectivity index (χ4n) is 1.95. The Hall–Kier alpha value is 0.110. The number of hydrogen-bond donors (Lipinski definition) is 1. The first-order valence-corrected chi connectivity index (χ1v) is 6.64. The summed E-state index contributed by atoms with van der Waals surface area (Å²) in [6.07, 6.45) is 1.97.